The highest BCUT2D eigenvalue weighted by Gasteiger charge is 2.01. The summed E-state index contributed by atoms with van der Waals surface area (Å²) in [6.07, 6.45) is 0.772. The van der Waals surface area contributed by atoms with Crippen molar-refractivity contribution in [2.24, 2.45) is 0 Å². The molecular formula is C12H19NO3. The summed E-state index contributed by atoms with van der Waals surface area (Å²) in [5.74, 6) is 1.51. The van der Waals surface area contributed by atoms with Crippen molar-refractivity contribution in [3.63, 3.8) is 0 Å². The van der Waals surface area contributed by atoms with Crippen LogP contribution < -0.4 is 14.8 Å². The molecule has 0 saturated carbocycles. The van der Waals surface area contributed by atoms with E-state index in [0.29, 0.717) is 6.61 Å². The molecule has 0 atom stereocenters. The molecule has 1 rings (SSSR count). The maximum atomic E-state index is 8.58. The molecule has 0 fully saturated rings. The van der Waals surface area contributed by atoms with Gasteiger partial charge in [-0.3, -0.25) is 0 Å². The molecule has 0 amide bonds. The van der Waals surface area contributed by atoms with E-state index in [1.165, 1.54) is 0 Å². The van der Waals surface area contributed by atoms with Gasteiger partial charge in [-0.05, 0) is 25.1 Å². The van der Waals surface area contributed by atoms with E-state index in [-0.39, 0.29) is 6.61 Å². The van der Waals surface area contributed by atoms with Crippen LogP contribution in [0.1, 0.15) is 6.42 Å². The van der Waals surface area contributed by atoms with Crippen LogP contribution in [0.5, 0.6) is 11.5 Å². The van der Waals surface area contributed by atoms with Crippen molar-refractivity contribution >= 4 is 0 Å². The van der Waals surface area contributed by atoms with E-state index < -0.39 is 0 Å². The third-order valence-corrected chi connectivity index (χ3v) is 2.12. The normalized spacial score (nSPS) is 10.1. The van der Waals surface area contributed by atoms with Gasteiger partial charge < -0.3 is 19.9 Å². The summed E-state index contributed by atoms with van der Waals surface area (Å²) in [5, 5.41) is 11.7. The highest BCUT2D eigenvalue weighted by molar-refractivity contribution is 5.39. The number of rotatable bonds is 8. The highest BCUT2D eigenvalue weighted by Crippen LogP contribution is 2.25. The Hall–Kier alpha value is -1.26. The Kier molecular flexibility index (Phi) is 6.37. The molecular weight excluding hydrogens is 206 g/mol. The summed E-state index contributed by atoms with van der Waals surface area (Å²) in [6, 6.07) is 7.57. The lowest BCUT2D eigenvalue weighted by molar-refractivity contribution is 0.274. The zero-order valence-corrected chi connectivity index (χ0v) is 9.61. The van der Waals surface area contributed by atoms with Crippen LogP contribution in [-0.4, -0.2) is 38.5 Å². The van der Waals surface area contributed by atoms with E-state index >= 15 is 0 Å². The van der Waals surface area contributed by atoms with Crippen LogP contribution in [0.15, 0.2) is 24.3 Å². The Morgan fingerprint density at radius 3 is 2.62 bits per heavy atom. The number of aliphatic hydroxyl groups is 1. The average molecular weight is 225 g/mol. The van der Waals surface area contributed by atoms with Crippen LogP contribution in [0.4, 0.5) is 0 Å². The van der Waals surface area contributed by atoms with Crippen LogP contribution in [0.25, 0.3) is 0 Å². The van der Waals surface area contributed by atoms with Gasteiger partial charge in [-0.1, -0.05) is 12.1 Å². The van der Waals surface area contributed by atoms with Gasteiger partial charge in [0.25, 0.3) is 0 Å². The summed E-state index contributed by atoms with van der Waals surface area (Å²) in [4.78, 5) is 0. The van der Waals surface area contributed by atoms with Crippen molar-refractivity contribution in [3.8, 4) is 11.5 Å². The third-order valence-electron chi connectivity index (χ3n) is 2.12. The van der Waals surface area contributed by atoms with E-state index in [0.717, 1.165) is 31.0 Å². The number of hydrogen-bond acceptors (Lipinski definition) is 4. The monoisotopic (exact) mass is 225 g/mol. The molecule has 4 heteroatoms. The molecule has 4 nitrogen and oxygen atoms in total. The number of nitrogens with one attached hydrogen (secondary N) is 1. The number of para-hydroxylation sites is 2. The standard InChI is InChI=1S/C12H19NO3/c1-15-11-5-2-3-6-12(11)16-10-8-13-7-4-9-14/h2-3,5-6,13-14H,4,7-10H2,1H3. The van der Waals surface area contributed by atoms with Gasteiger partial charge in [-0.15, -0.1) is 0 Å². The average Bonchev–Trinajstić information content (AvgIpc) is 2.34. The Morgan fingerprint density at radius 2 is 1.94 bits per heavy atom. The SMILES string of the molecule is COc1ccccc1OCCNCCCO. The maximum Gasteiger partial charge on any atom is 0.161 e. The zero-order chi connectivity index (χ0) is 11.6. The first kappa shape index (κ1) is 12.8. The first-order chi connectivity index (χ1) is 7.88. The minimum absolute atomic E-state index is 0.223. The topological polar surface area (TPSA) is 50.7 Å². The van der Waals surface area contributed by atoms with E-state index in [2.05, 4.69) is 5.32 Å². The van der Waals surface area contributed by atoms with Crippen molar-refractivity contribution in [3.05, 3.63) is 24.3 Å². The summed E-state index contributed by atoms with van der Waals surface area (Å²) >= 11 is 0. The van der Waals surface area contributed by atoms with Gasteiger partial charge in [0.2, 0.25) is 0 Å². The summed E-state index contributed by atoms with van der Waals surface area (Å²) in [6.45, 7) is 2.38. The number of aliphatic hydroxyl groups excluding tert-OH is 1. The number of benzene rings is 1. The second-order valence-corrected chi connectivity index (χ2v) is 3.33. The largest absolute Gasteiger partial charge is 0.493 e. The summed E-state index contributed by atoms with van der Waals surface area (Å²) in [7, 11) is 1.63. The van der Waals surface area contributed by atoms with Gasteiger partial charge in [0.1, 0.15) is 6.61 Å². The van der Waals surface area contributed by atoms with Gasteiger partial charge in [0.15, 0.2) is 11.5 Å². The lowest BCUT2D eigenvalue weighted by atomic mass is 10.3. The van der Waals surface area contributed by atoms with Crippen molar-refractivity contribution in [1.82, 2.24) is 5.32 Å². The first-order valence-electron chi connectivity index (χ1n) is 5.46. The molecule has 0 radical (unpaired) electrons. The fourth-order valence-electron chi connectivity index (χ4n) is 1.30. The second kappa shape index (κ2) is 7.96. The van der Waals surface area contributed by atoms with E-state index in [1.807, 2.05) is 24.3 Å². The molecule has 1 aromatic carbocycles. The van der Waals surface area contributed by atoms with E-state index in [4.69, 9.17) is 14.6 Å². The fourth-order valence-corrected chi connectivity index (χ4v) is 1.30. The second-order valence-electron chi connectivity index (χ2n) is 3.33. The molecule has 0 aromatic heterocycles. The van der Waals surface area contributed by atoms with Crippen LogP contribution in [0, 0.1) is 0 Å². The van der Waals surface area contributed by atoms with Crippen molar-refractivity contribution in [1.29, 1.82) is 0 Å². The Bertz CT molecular complexity index is 291. The number of hydrogen-bond donors (Lipinski definition) is 2. The zero-order valence-electron chi connectivity index (χ0n) is 9.61. The predicted molar refractivity (Wildman–Crippen MR) is 63.1 cm³/mol. The van der Waals surface area contributed by atoms with Gasteiger partial charge in [0.05, 0.1) is 7.11 Å². The van der Waals surface area contributed by atoms with Crippen LogP contribution in [0.2, 0.25) is 0 Å². The maximum absolute atomic E-state index is 8.58. The molecule has 0 bridgehead atoms. The molecule has 0 aliphatic carbocycles. The van der Waals surface area contributed by atoms with E-state index in [1.54, 1.807) is 7.11 Å². The van der Waals surface area contributed by atoms with Crippen molar-refractivity contribution in [2.75, 3.05) is 33.4 Å². The third kappa shape index (κ3) is 4.51. The fraction of sp³-hybridized carbons (Fsp3) is 0.500. The van der Waals surface area contributed by atoms with Crippen LogP contribution in [0.3, 0.4) is 0 Å². The molecule has 16 heavy (non-hydrogen) atoms. The molecule has 0 spiro atoms. The minimum atomic E-state index is 0.223. The first-order valence-corrected chi connectivity index (χ1v) is 5.46. The molecule has 0 saturated heterocycles. The van der Waals surface area contributed by atoms with Gasteiger partial charge >= 0.3 is 0 Å². The number of ether oxygens (including phenoxy) is 2. The van der Waals surface area contributed by atoms with Gasteiger partial charge in [-0.25, -0.2) is 0 Å². The van der Waals surface area contributed by atoms with Crippen LogP contribution >= 0.6 is 0 Å². The van der Waals surface area contributed by atoms with Gasteiger partial charge in [0, 0.05) is 13.2 Å². The molecule has 0 aliphatic rings. The van der Waals surface area contributed by atoms with Gasteiger partial charge in [-0.2, -0.15) is 0 Å². The molecule has 1 aromatic rings. The predicted octanol–water partition coefficient (Wildman–Crippen LogP) is 1.05. The molecule has 0 unspecified atom stereocenters. The van der Waals surface area contributed by atoms with E-state index in [9.17, 15) is 0 Å². The summed E-state index contributed by atoms with van der Waals surface area (Å²) in [5.41, 5.74) is 0. The Labute approximate surface area is 96.2 Å². The number of methoxy groups -OCH3 is 1. The smallest absolute Gasteiger partial charge is 0.161 e. The van der Waals surface area contributed by atoms with Crippen molar-refractivity contribution < 1.29 is 14.6 Å². The molecule has 0 aliphatic heterocycles. The minimum Gasteiger partial charge on any atom is -0.493 e. The Morgan fingerprint density at radius 1 is 1.19 bits per heavy atom. The van der Waals surface area contributed by atoms with Crippen molar-refractivity contribution in [2.45, 2.75) is 6.42 Å². The quantitative estimate of drug-likeness (QED) is 0.649. The lowest BCUT2D eigenvalue weighted by Gasteiger charge is -2.10. The molecule has 2 N–H and O–H groups in total. The lowest BCUT2D eigenvalue weighted by Crippen LogP contribution is -2.22. The molecule has 90 valence electrons. The highest BCUT2D eigenvalue weighted by atomic mass is 16.5. The van der Waals surface area contributed by atoms with Crippen LogP contribution in [-0.2, 0) is 0 Å². The summed E-state index contributed by atoms with van der Waals surface area (Å²) < 4.78 is 10.7. The molecule has 0 heterocycles. The Balaban J connectivity index is 2.21.